The van der Waals surface area contributed by atoms with Crippen LogP contribution >= 0.6 is 0 Å². The number of hydrogen-bond donors (Lipinski definition) is 2. The summed E-state index contributed by atoms with van der Waals surface area (Å²) >= 11 is 0. The van der Waals surface area contributed by atoms with Gasteiger partial charge in [-0.15, -0.1) is 0 Å². The lowest BCUT2D eigenvalue weighted by Crippen LogP contribution is -2.53. The minimum absolute atomic E-state index is 0.0302. The van der Waals surface area contributed by atoms with Crippen LogP contribution in [-0.2, 0) is 14.3 Å². The van der Waals surface area contributed by atoms with Crippen molar-refractivity contribution in [2.45, 2.75) is 26.3 Å². The molecule has 2 N–H and O–H groups in total. The standard InChI is InChI=1S/C10H18N2O3/c1-3-15-10(14)7(2)6-12-9(13)8-4-5-11-8/h7-8,11H,3-6H2,1-2H3,(H,12,13)/t7?,8-/m1/s1. The molecule has 5 heteroatoms. The quantitative estimate of drug-likeness (QED) is 0.615. The van der Waals surface area contributed by atoms with E-state index in [4.69, 9.17) is 4.74 Å². The molecule has 15 heavy (non-hydrogen) atoms. The molecule has 0 saturated carbocycles. The summed E-state index contributed by atoms with van der Waals surface area (Å²) in [6.07, 6.45) is 0.875. The lowest BCUT2D eigenvalue weighted by Gasteiger charge is -2.26. The van der Waals surface area contributed by atoms with Crippen LogP contribution in [0.2, 0.25) is 0 Å². The molecule has 1 saturated heterocycles. The molecule has 2 atom stereocenters. The Morgan fingerprint density at radius 1 is 1.60 bits per heavy atom. The van der Waals surface area contributed by atoms with Crippen molar-refractivity contribution in [2.24, 2.45) is 5.92 Å². The first-order valence-electron chi connectivity index (χ1n) is 5.33. The van der Waals surface area contributed by atoms with Crippen LogP contribution in [0.1, 0.15) is 20.3 Å². The second kappa shape index (κ2) is 5.70. The number of carbonyl (C=O) groups is 2. The van der Waals surface area contributed by atoms with Crippen LogP contribution in [0.15, 0.2) is 0 Å². The Morgan fingerprint density at radius 2 is 2.27 bits per heavy atom. The minimum atomic E-state index is -0.283. The number of rotatable bonds is 5. The molecule has 5 nitrogen and oxygen atoms in total. The van der Waals surface area contributed by atoms with Crippen molar-refractivity contribution in [1.29, 1.82) is 0 Å². The summed E-state index contributed by atoms with van der Waals surface area (Å²) < 4.78 is 4.83. The maximum absolute atomic E-state index is 11.4. The molecule has 0 bridgehead atoms. The van der Waals surface area contributed by atoms with Gasteiger partial charge >= 0.3 is 5.97 Å². The molecule has 0 aliphatic carbocycles. The van der Waals surface area contributed by atoms with Crippen molar-refractivity contribution >= 4 is 11.9 Å². The van der Waals surface area contributed by atoms with E-state index in [9.17, 15) is 9.59 Å². The van der Waals surface area contributed by atoms with E-state index in [1.165, 1.54) is 0 Å². The van der Waals surface area contributed by atoms with Gasteiger partial charge in [0.1, 0.15) is 0 Å². The molecular formula is C10H18N2O3. The fraction of sp³-hybridized carbons (Fsp3) is 0.800. The molecule has 1 fully saturated rings. The number of esters is 1. The van der Waals surface area contributed by atoms with E-state index < -0.39 is 0 Å². The smallest absolute Gasteiger partial charge is 0.310 e. The highest BCUT2D eigenvalue weighted by molar-refractivity contribution is 5.83. The molecule has 1 rings (SSSR count). The number of amides is 1. The van der Waals surface area contributed by atoms with Gasteiger partial charge < -0.3 is 15.4 Å². The van der Waals surface area contributed by atoms with E-state index in [-0.39, 0.29) is 23.8 Å². The summed E-state index contributed by atoms with van der Waals surface area (Å²) in [6.45, 7) is 5.12. The average molecular weight is 214 g/mol. The summed E-state index contributed by atoms with van der Waals surface area (Å²) in [5.41, 5.74) is 0. The molecule has 1 aliphatic rings. The van der Waals surface area contributed by atoms with Crippen molar-refractivity contribution in [3.63, 3.8) is 0 Å². The molecule has 0 aromatic heterocycles. The Kier molecular flexibility index (Phi) is 4.55. The van der Waals surface area contributed by atoms with Gasteiger partial charge in [-0.2, -0.15) is 0 Å². The van der Waals surface area contributed by atoms with Gasteiger partial charge in [0.05, 0.1) is 18.6 Å². The van der Waals surface area contributed by atoms with Crippen LogP contribution in [0.3, 0.4) is 0 Å². The second-order valence-corrected chi connectivity index (χ2v) is 3.69. The predicted octanol–water partition coefficient (Wildman–Crippen LogP) is -0.336. The molecule has 0 aromatic carbocycles. The molecular weight excluding hydrogens is 196 g/mol. The number of nitrogens with one attached hydrogen (secondary N) is 2. The molecule has 1 unspecified atom stereocenters. The van der Waals surface area contributed by atoms with Gasteiger partial charge in [-0.05, 0) is 19.9 Å². The lowest BCUT2D eigenvalue weighted by molar-refractivity contribution is -0.147. The third kappa shape index (κ3) is 3.51. The molecule has 1 amide bonds. The summed E-state index contributed by atoms with van der Waals surface area (Å²) in [5.74, 6) is -0.578. The van der Waals surface area contributed by atoms with Crippen molar-refractivity contribution in [1.82, 2.24) is 10.6 Å². The van der Waals surface area contributed by atoms with Gasteiger partial charge in [-0.25, -0.2) is 0 Å². The molecule has 1 aliphatic heterocycles. The average Bonchev–Trinajstić information content (AvgIpc) is 2.11. The van der Waals surface area contributed by atoms with Gasteiger partial charge in [0.2, 0.25) is 5.91 Å². The Labute approximate surface area is 89.6 Å². The normalized spacial score (nSPS) is 21.3. The summed E-state index contributed by atoms with van der Waals surface area (Å²) in [4.78, 5) is 22.6. The third-order valence-electron chi connectivity index (χ3n) is 2.41. The van der Waals surface area contributed by atoms with E-state index in [0.29, 0.717) is 13.2 Å². The Bertz CT molecular complexity index is 239. The first-order chi connectivity index (χ1) is 7.15. The fourth-order valence-electron chi connectivity index (χ4n) is 1.26. The van der Waals surface area contributed by atoms with Crippen LogP contribution < -0.4 is 10.6 Å². The maximum atomic E-state index is 11.4. The van der Waals surface area contributed by atoms with E-state index >= 15 is 0 Å². The van der Waals surface area contributed by atoms with Crippen LogP contribution in [0.25, 0.3) is 0 Å². The van der Waals surface area contributed by atoms with Gasteiger partial charge in [0.15, 0.2) is 0 Å². The third-order valence-corrected chi connectivity index (χ3v) is 2.41. The SMILES string of the molecule is CCOC(=O)C(C)CNC(=O)[C@H]1CCN1. The lowest BCUT2D eigenvalue weighted by atomic mass is 10.1. The Hall–Kier alpha value is -1.10. The topological polar surface area (TPSA) is 67.4 Å². The molecule has 1 heterocycles. The van der Waals surface area contributed by atoms with E-state index in [1.807, 2.05) is 0 Å². The monoisotopic (exact) mass is 214 g/mol. The van der Waals surface area contributed by atoms with Gasteiger partial charge in [0.25, 0.3) is 0 Å². The Balaban J connectivity index is 2.17. The predicted molar refractivity (Wildman–Crippen MR) is 55.2 cm³/mol. The molecule has 86 valence electrons. The molecule has 0 aromatic rings. The second-order valence-electron chi connectivity index (χ2n) is 3.69. The number of hydrogen-bond acceptors (Lipinski definition) is 4. The van der Waals surface area contributed by atoms with Gasteiger partial charge in [-0.3, -0.25) is 9.59 Å². The van der Waals surface area contributed by atoms with Gasteiger partial charge in [0, 0.05) is 6.54 Å². The zero-order valence-corrected chi connectivity index (χ0v) is 9.21. The zero-order chi connectivity index (χ0) is 11.3. The number of carbonyl (C=O) groups excluding carboxylic acids is 2. The summed E-state index contributed by atoms with van der Waals surface area (Å²) in [7, 11) is 0. The minimum Gasteiger partial charge on any atom is -0.466 e. The first-order valence-corrected chi connectivity index (χ1v) is 5.33. The summed E-state index contributed by atoms with van der Waals surface area (Å²) in [5, 5.41) is 5.72. The van der Waals surface area contributed by atoms with Crippen LogP contribution in [0, 0.1) is 5.92 Å². The zero-order valence-electron chi connectivity index (χ0n) is 9.21. The Morgan fingerprint density at radius 3 is 2.73 bits per heavy atom. The van der Waals surface area contributed by atoms with Crippen LogP contribution in [0.4, 0.5) is 0 Å². The molecule has 0 radical (unpaired) electrons. The van der Waals surface area contributed by atoms with Crippen molar-refractivity contribution in [3.05, 3.63) is 0 Å². The van der Waals surface area contributed by atoms with Crippen molar-refractivity contribution in [2.75, 3.05) is 19.7 Å². The molecule has 0 spiro atoms. The van der Waals surface area contributed by atoms with E-state index in [0.717, 1.165) is 13.0 Å². The maximum Gasteiger partial charge on any atom is 0.310 e. The highest BCUT2D eigenvalue weighted by atomic mass is 16.5. The van der Waals surface area contributed by atoms with E-state index in [2.05, 4.69) is 10.6 Å². The van der Waals surface area contributed by atoms with E-state index in [1.54, 1.807) is 13.8 Å². The van der Waals surface area contributed by atoms with Gasteiger partial charge in [-0.1, -0.05) is 6.92 Å². The largest absolute Gasteiger partial charge is 0.466 e. The van der Waals surface area contributed by atoms with Crippen molar-refractivity contribution in [3.8, 4) is 0 Å². The first kappa shape index (κ1) is 12.0. The van der Waals surface area contributed by atoms with Crippen molar-refractivity contribution < 1.29 is 14.3 Å². The highest BCUT2D eigenvalue weighted by Crippen LogP contribution is 2.02. The number of ether oxygens (including phenoxy) is 1. The van der Waals surface area contributed by atoms with Crippen LogP contribution in [-0.4, -0.2) is 37.6 Å². The fourth-order valence-corrected chi connectivity index (χ4v) is 1.26. The van der Waals surface area contributed by atoms with Crippen LogP contribution in [0.5, 0.6) is 0 Å². The summed E-state index contributed by atoms with van der Waals surface area (Å²) in [6, 6.07) is -0.0700. The highest BCUT2D eigenvalue weighted by Gasteiger charge is 2.25.